The maximum Gasteiger partial charge on any atom is 0.253 e. The first kappa shape index (κ1) is 32.0. The molecule has 2 amide bonds. The summed E-state index contributed by atoms with van der Waals surface area (Å²) >= 11 is 2.79. The van der Waals surface area contributed by atoms with Crippen LogP contribution in [-0.2, 0) is 11.3 Å². The van der Waals surface area contributed by atoms with Crippen molar-refractivity contribution in [2.24, 2.45) is 5.10 Å². The molecule has 47 heavy (non-hydrogen) atoms. The Morgan fingerprint density at radius 1 is 1.00 bits per heavy atom. The van der Waals surface area contributed by atoms with Crippen molar-refractivity contribution in [2.45, 2.75) is 31.1 Å². The summed E-state index contributed by atoms with van der Waals surface area (Å²) in [5.41, 5.74) is 3.79. The van der Waals surface area contributed by atoms with Crippen molar-refractivity contribution in [3.05, 3.63) is 117 Å². The number of rotatable bonds is 11. The molecule has 1 aliphatic rings. The van der Waals surface area contributed by atoms with E-state index in [4.69, 9.17) is 14.6 Å². The number of thiophene rings is 1. The van der Waals surface area contributed by atoms with Crippen molar-refractivity contribution in [2.75, 3.05) is 20.0 Å². The molecule has 2 aromatic heterocycles. The molecular weight excluding hydrogens is 640 g/mol. The molecular formula is C34H31FN6O4S2. The van der Waals surface area contributed by atoms with Gasteiger partial charge < -0.3 is 14.8 Å². The maximum absolute atomic E-state index is 13.8. The fourth-order valence-electron chi connectivity index (χ4n) is 5.20. The number of hydrogen-bond acceptors (Lipinski definition) is 9. The Morgan fingerprint density at radius 2 is 1.77 bits per heavy atom. The van der Waals surface area contributed by atoms with Gasteiger partial charge in [0, 0.05) is 23.7 Å². The molecule has 10 nitrogen and oxygen atoms in total. The lowest BCUT2D eigenvalue weighted by Crippen LogP contribution is -2.28. The SMILES string of the molecule is COc1cc(OC)cc(C(=O)NCc2nnc(SCC(=O)N3N=C(c4cccs4)CC3c3ccc(F)cc3)n2-c2cccc(C)c2)c1. The zero-order valence-electron chi connectivity index (χ0n) is 25.8. The molecule has 0 bridgehead atoms. The van der Waals surface area contributed by atoms with Crippen molar-refractivity contribution in [1.29, 1.82) is 0 Å². The predicted octanol–water partition coefficient (Wildman–Crippen LogP) is 6.19. The molecule has 0 aliphatic carbocycles. The van der Waals surface area contributed by atoms with E-state index in [0.29, 0.717) is 34.5 Å². The average molecular weight is 671 g/mol. The fraction of sp³-hybridized carbons (Fsp3) is 0.206. The Labute approximate surface area is 279 Å². The van der Waals surface area contributed by atoms with Crippen LogP contribution < -0.4 is 14.8 Å². The third kappa shape index (κ3) is 7.21. The molecule has 0 saturated carbocycles. The van der Waals surface area contributed by atoms with E-state index in [2.05, 4.69) is 15.5 Å². The summed E-state index contributed by atoms with van der Waals surface area (Å²) in [6.07, 6.45) is 0.519. The molecule has 240 valence electrons. The second-order valence-electron chi connectivity index (χ2n) is 10.7. The van der Waals surface area contributed by atoms with Crippen LogP contribution in [0, 0.1) is 12.7 Å². The number of nitrogens with zero attached hydrogens (tertiary/aromatic N) is 5. The number of aryl methyl sites for hydroxylation is 1. The minimum absolute atomic E-state index is 0.0266. The van der Waals surface area contributed by atoms with E-state index < -0.39 is 0 Å². The molecule has 0 fully saturated rings. The monoisotopic (exact) mass is 670 g/mol. The second kappa shape index (κ2) is 14.2. The molecule has 0 saturated heterocycles. The number of nitrogens with one attached hydrogen (secondary N) is 1. The first-order chi connectivity index (χ1) is 22.8. The molecule has 5 aromatic rings. The van der Waals surface area contributed by atoms with Crippen LogP contribution in [0.4, 0.5) is 4.39 Å². The van der Waals surface area contributed by atoms with Gasteiger partial charge in [-0.25, -0.2) is 9.40 Å². The molecule has 6 rings (SSSR count). The Bertz CT molecular complexity index is 1910. The number of halogens is 1. The number of benzene rings is 3. The Balaban J connectivity index is 1.23. The van der Waals surface area contributed by atoms with E-state index >= 15 is 0 Å². The molecule has 3 aromatic carbocycles. The van der Waals surface area contributed by atoms with E-state index in [-0.39, 0.29) is 36.0 Å². The molecule has 1 unspecified atom stereocenters. The summed E-state index contributed by atoms with van der Waals surface area (Å²) < 4.78 is 26.2. The third-order valence-corrected chi connectivity index (χ3v) is 9.36. The maximum atomic E-state index is 13.8. The number of aromatic nitrogens is 3. The van der Waals surface area contributed by atoms with Gasteiger partial charge in [0.1, 0.15) is 17.3 Å². The molecule has 0 radical (unpaired) electrons. The highest BCUT2D eigenvalue weighted by Gasteiger charge is 2.33. The van der Waals surface area contributed by atoms with Crippen molar-refractivity contribution in [1.82, 2.24) is 25.1 Å². The number of hydrogen-bond donors (Lipinski definition) is 1. The van der Waals surface area contributed by atoms with Gasteiger partial charge in [-0.3, -0.25) is 14.2 Å². The normalized spacial score (nSPS) is 14.2. The summed E-state index contributed by atoms with van der Waals surface area (Å²) in [6, 6.07) is 22.5. The lowest BCUT2D eigenvalue weighted by atomic mass is 10.0. The first-order valence-corrected chi connectivity index (χ1v) is 16.5. The van der Waals surface area contributed by atoms with Crippen LogP contribution >= 0.6 is 23.1 Å². The summed E-state index contributed by atoms with van der Waals surface area (Å²) in [4.78, 5) is 27.9. The predicted molar refractivity (Wildman–Crippen MR) is 179 cm³/mol. The van der Waals surface area contributed by atoms with Crippen LogP contribution in [0.25, 0.3) is 5.69 Å². The largest absolute Gasteiger partial charge is 0.497 e. The molecule has 0 spiro atoms. The average Bonchev–Trinajstić information content (AvgIpc) is 3.86. The van der Waals surface area contributed by atoms with E-state index in [1.165, 1.54) is 43.1 Å². The number of carbonyl (C=O) groups excluding carboxylic acids is 2. The van der Waals surface area contributed by atoms with Crippen molar-refractivity contribution < 1.29 is 23.5 Å². The van der Waals surface area contributed by atoms with E-state index in [9.17, 15) is 14.0 Å². The van der Waals surface area contributed by atoms with Gasteiger partial charge in [0.2, 0.25) is 0 Å². The van der Waals surface area contributed by atoms with E-state index in [1.807, 2.05) is 53.3 Å². The quantitative estimate of drug-likeness (QED) is 0.167. The van der Waals surface area contributed by atoms with Crippen LogP contribution in [-0.4, -0.2) is 57.3 Å². The number of thioether (sulfide) groups is 1. The summed E-state index contributed by atoms with van der Waals surface area (Å²) in [6.45, 7) is 2.05. The Kier molecular flexibility index (Phi) is 9.64. The molecule has 3 heterocycles. The van der Waals surface area contributed by atoms with Gasteiger partial charge in [-0.05, 0) is 65.9 Å². The van der Waals surface area contributed by atoms with Gasteiger partial charge in [0.05, 0.1) is 43.1 Å². The molecule has 1 aliphatic heterocycles. The highest BCUT2D eigenvalue weighted by atomic mass is 32.2. The smallest absolute Gasteiger partial charge is 0.253 e. The second-order valence-corrected chi connectivity index (χ2v) is 12.6. The lowest BCUT2D eigenvalue weighted by Gasteiger charge is -2.22. The fourth-order valence-corrected chi connectivity index (χ4v) is 6.75. The van der Waals surface area contributed by atoms with Gasteiger partial charge in [0.15, 0.2) is 11.0 Å². The van der Waals surface area contributed by atoms with Gasteiger partial charge >= 0.3 is 0 Å². The Hall–Kier alpha value is -5.01. The van der Waals surface area contributed by atoms with Crippen LogP contribution in [0.2, 0.25) is 0 Å². The van der Waals surface area contributed by atoms with Gasteiger partial charge in [-0.15, -0.1) is 21.5 Å². The molecule has 1 atom stereocenters. The third-order valence-electron chi connectivity index (χ3n) is 7.53. The number of carbonyl (C=O) groups is 2. The number of amides is 2. The molecule has 13 heteroatoms. The highest BCUT2D eigenvalue weighted by molar-refractivity contribution is 7.99. The van der Waals surface area contributed by atoms with Crippen molar-refractivity contribution >= 4 is 40.6 Å². The minimum Gasteiger partial charge on any atom is -0.497 e. The van der Waals surface area contributed by atoms with Gasteiger partial charge in [-0.1, -0.05) is 42.1 Å². The Morgan fingerprint density at radius 3 is 2.45 bits per heavy atom. The van der Waals surface area contributed by atoms with E-state index in [1.54, 1.807) is 41.7 Å². The zero-order valence-corrected chi connectivity index (χ0v) is 27.5. The number of methoxy groups -OCH3 is 2. The van der Waals surface area contributed by atoms with Crippen molar-refractivity contribution in [3.63, 3.8) is 0 Å². The molecule has 1 N–H and O–H groups in total. The number of ether oxygens (including phenoxy) is 2. The van der Waals surface area contributed by atoms with Crippen molar-refractivity contribution in [3.8, 4) is 17.2 Å². The van der Waals surface area contributed by atoms with E-state index in [0.717, 1.165) is 27.4 Å². The number of hydrazone groups is 1. The summed E-state index contributed by atoms with van der Waals surface area (Å²) in [5.74, 6) is 0.586. The highest BCUT2D eigenvalue weighted by Crippen LogP contribution is 2.35. The van der Waals surface area contributed by atoms with Crippen LogP contribution in [0.1, 0.15) is 44.6 Å². The summed E-state index contributed by atoms with van der Waals surface area (Å²) in [7, 11) is 3.04. The minimum atomic E-state index is -0.364. The van der Waals surface area contributed by atoms with Crippen LogP contribution in [0.15, 0.2) is 94.5 Å². The van der Waals surface area contributed by atoms with Gasteiger partial charge in [-0.2, -0.15) is 5.10 Å². The van der Waals surface area contributed by atoms with Gasteiger partial charge in [0.25, 0.3) is 11.8 Å². The van der Waals surface area contributed by atoms with Crippen LogP contribution in [0.3, 0.4) is 0 Å². The zero-order chi connectivity index (χ0) is 32.9. The first-order valence-electron chi connectivity index (χ1n) is 14.7. The topological polar surface area (TPSA) is 111 Å². The van der Waals surface area contributed by atoms with Crippen LogP contribution in [0.5, 0.6) is 11.5 Å². The summed E-state index contributed by atoms with van der Waals surface area (Å²) in [5, 5.41) is 20.4. The standard InChI is InChI=1S/C34H31FN6O4S2/c1-21-6-4-7-25(14-21)40-31(19-36-33(43)23-15-26(44-2)17-27(16-23)45-3)37-38-34(40)47-20-32(42)41-29(22-9-11-24(35)12-10-22)18-28(39-41)30-8-5-13-46-30/h4-17,29H,18-20H2,1-3H3,(H,36,43). The lowest BCUT2D eigenvalue weighted by molar-refractivity contribution is -0.130.